The lowest BCUT2D eigenvalue weighted by Gasteiger charge is -2.33. The molecule has 0 bridgehead atoms. The van der Waals surface area contributed by atoms with Crippen LogP contribution in [0, 0.1) is 0 Å². The van der Waals surface area contributed by atoms with Gasteiger partial charge in [0, 0.05) is 29.8 Å². The van der Waals surface area contributed by atoms with Gasteiger partial charge in [-0.15, -0.1) is 10.2 Å². The average molecular weight is 529 g/mol. The molecule has 38 heavy (non-hydrogen) atoms. The van der Waals surface area contributed by atoms with E-state index in [4.69, 9.17) is 19.0 Å². The first-order valence-corrected chi connectivity index (χ1v) is 13.7. The molecule has 0 fully saturated rings. The van der Waals surface area contributed by atoms with E-state index in [0.717, 1.165) is 15.9 Å². The molecule has 0 spiro atoms. The van der Waals surface area contributed by atoms with E-state index in [9.17, 15) is 9.59 Å². The highest BCUT2D eigenvalue weighted by Gasteiger charge is 2.44. The maximum absolute atomic E-state index is 11.9. The summed E-state index contributed by atoms with van der Waals surface area (Å²) in [5.74, 6) is -0.846. The number of carbonyl (C=O) groups is 2. The van der Waals surface area contributed by atoms with E-state index in [1.807, 2.05) is 54.6 Å². The molecule has 3 aromatic carbocycles. The van der Waals surface area contributed by atoms with Gasteiger partial charge in [0.1, 0.15) is 12.3 Å². The Morgan fingerprint density at radius 1 is 0.842 bits per heavy atom. The third kappa shape index (κ3) is 4.93. The van der Waals surface area contributed by atoms with Crippen LogP contribution >= 0.6 is 7.05 Å². The standard InChI is InChI=1S/C28H25N4O5P/c1-19(33)35-18-24-27(36-20(2)34)25-26(30-32-29-25)28(37-24)31-38(21-12-6-3-7-13-21,22-14-8-4-9-15-22)23-16-10-5-11-17-23/h3-17,24,27H,18H2,1-2H3/t24-,27+/m1/s1. The second-order valence-electron chi connectivity index (χ2n) is 8.56. The Bertz CT molecular complexity index is 1380. The molecule has 2 aliphatic rings. The predicted molar refractivity (Wildman–Crippen MR) is 144 cm³/mol. The first-order chi connectivity index (χ1) is 18.5. The van der Waals surface area contributed by atoms with Crippen molar-refractivity contribution in [1.82, 2.24) is 0 Å². The van der Waals surface area contributed by atoms with E-state index >= 15 is 0 Å². The van der Waals surface area contributed by atoms with E-state index in [1.165, 1.54) is 13.8 Å². The predicted octanol–water partition coefficient (Wildman–Crippen LogP) is 4.05. The third-order valence-corrected chi connectivity index (χ3v) is 9.60. The number of hydrogen-bond donors (Lipinski definition) is 0. The van der Waals surface area contributed by atoms with Crippen molar-refractivity contribution in [3.05, 3.63) is 103 Å². The Balaban J connectivity index is 1.78. The molecule has 0 saturated carbocycles. The minimum absolute atomic E-state index is 0.175. The monoisotopic (exact) mass is 528 g/mol. The Hall–Kier alpha value is -4.36. The normalized spacial score (nSPS) is 18.2. The quantitative estimate of drug-likeness (QED) is 0.339. The van der Waals surface area contributed by atoms with Crippen molar-refractivity contribution in [1.29, 1.82) is 0 Å². The third-order valence-electron chi connectivity index (χ3n) is 5.99. The van der Waals surface area contributed by atoms with Crippen molar-refractivity contribution in [2.75, 3.05) is 6.61 Å². The fourth-order valence-electron chi connectivity index (χ4n) is 4.39. The molecule has 0 radical (unpaired) electrons. The molecule has 192 valence electrons. The maximum atomic E-state index is 11.9. The number of nitrogens with zero attached hydrogens (tertiary/aromatic N) is 4. The van der Waals surface area contributed by atoms with Crippen molar-refractivity contribution in [3.8, 4) is 0 Å². The summed E-state index contributed by atoms with van der Waals surface area (Å²) in [6.45, 7) is 2.41. The van der Waals surface area contributed by atoms with Gasteiger partial charge in [-0.3, -0.25) is 9.59 Å². The first kappa shape index (κ1) is 25.3. The Morgan fingerprint density at radius 3 is 1.84 bits per heavy atom. The summed E-state index contributed by atoms with van der Waals surface area (Å²) < 4.78 is 22.5. The summed E-state index contributed by atoms with van der Waals surface area (Å²) >= 11 is 0. The van der Waals surface area contributed by atoms with Crippen LogP contribution in [-0.2, 0) is 23.8 Å². The van der Waals surface area contributed by atoms with Gasteiger partial charge in [0.25, 0.3) is 0 Å². The highest BCUT2D eigenvalue weighted by atomic mass is 31.2. The molecule has 0 aliphatic carbocycles. The number of fused-ring (bicyclic) bond motifs is 1. The molecule has 5 rings (SSSR count). The zero-order chi connectivity index (χ0) is 26.5. The van der Waals surface area contributed by atoms with Crippen LogP contribution in [0.4, 0.5) is 0 Å². The minimum Gasteiger partial charge on any atom is -0.465 e. The Morgan fingerprint density at radius 2 is 1.37 bits per heavy atom. The number of carbonyl (C=O) groups excluding carboxylic acids is 2. The lowest BCUT2D eigenvalue weighted by atomic mass is 10.0. The highest BCUT2D eigenvalue weighted by Crippen LogP contribution is 2.49. The number of benzene rings is 3. The van der Waals surface area contributed by atoms with Crippen LogP contribution in [-0.4, -0.2) is 36.5 Å². The molecule has 2 atom stereocenters. The molecule has 0 unspecified atom stereocenters. The number of ether oxygens (including phenoxy) is 3. The summed E-state index contributed by atoms with van der Waals surface area (Å²) in [6.07, 6.45) is -1.86. The van der Waals surface area contributed by atoms with Gasteiger partial charge in [0.2, 0.25) is 5.88 Å². The van der Waals surface area contributed by atoms with Gasteiger partial charge >= 0.3 is 11.9 Å². The van der Waals surface area contributed by atoms with Crippen LogP contribution in [0.15, 0.2) is 123 Å². The summed E-state index contributed by atoms with van der Waals surface area (Å²) in [7, 11) is -2.71. The fourth-order valence-corrected chi connectivity index (χ4v) is 7.85. The van der Waals surface area contributed by atoms with E-state index in [0.29, 0.717) is 5.71 Å². The van der Waals surface area contributed by atoms with Crippen molar-refractivity contribution < 1.29 is 23.8 Å². The summed E-state index contributed by atoms with van der Waals surface area (Å²) in [6, 6.07) is 30.1. The van der Waals surface area contributed by atoms with Gasteiger partial charge in [-0.25, -0.2) is 4.74 Å². The lowest BCUT2D eigenvalue weighted by molar-refractivity contribution is -0.155. The van der Waals surface area contributed by atoms with Gasteiger partial charge < -0.3 is 14.2 Å². The van der Waals surface area contributed by atoms with Crippen LogP contribution in [0.3, 0.4) is 0 Å². The van der Waals surface area contributed by atoms with Crippen LogP contribution in [0.2, 0.25) is 0 Å². The van der Waals surface area contributed by atoms with Crippen molar-refractivity contribution in [2.24, 2.45) is 20.2 Å². The average Bonchev–Trinajstić information content (AvgIpc) is 3.44. The van der Waals surface area contributed by atoms with E-state index in [1.54, 1.807) is 0 Å². The Kier molecular flexibility index (Phi) is 7.29. The van der Waals surface area contributed by atoms with Crippen molar-refractivity contribution in [3.63, 3.8) is 0 Å². The van der Waals surface area contributed by atoms with Gasteiger partial charge in [-0.1, -0.05) is 91.0 Å². The van der Waals surface area contributed by atoms with Gasteiger partial charge in [0.05, 0.1) is 7.05 Å². The van der Waals surface area contributed by atoms with Crippen LogP contribution in [0.1, 0.15) is 13.8 Å². The molecule has 10 heteroatoms. The largest absolute Gasteiger partial charge is 0.465 e. The second-order valence-corrected chi connectivity index (χ2v) is 11.6. The topological polar surface area (TPSA) is 111 Å². The molecule has 0 aromatic heterocycles. The van der Waals surface area contributed by atoms with Gasteiger partial charge in [-0.2, -0.15) is 0 Å². The number of esters is 2. The maximum Gasteiger partial charge on any atom is 0.303 e. The fraction of sp³-hybridized carbons (Fsp3) is 0.179. The Labute approximate surface area is 219 Å². The molecule has 2 aliphatic heterocycles. The van der Waals surface area contributed by atoms with Crippen molar-refractivity contribution >= 4 is 40.6 Å². The molecule has 2 heterocycles. The number of hydrogen-bond acceptors (Lipinski definition) is 9. The van der Waals surface area contributed by atoms with Crippen LogP contribution in [0.5, 0.6) is 0 Å². The molecule has 0 amide bonds. The lowest BCUT2D eigenvalue weighted by Crippen LogP contribution is -2.46. The summed E-state index contributed by atoms with van der Waals surface area (Å²) in [5, 5.41) is 15.2. The molecule has 3 aromatic rings. The SMILES string of the molecule is CC(=O)OC[C@H]1OC(N=P(c2ccccc2)(c2ccccc2)c2ccccc2)=C2N=NN=C2[C@H]1OC(C)=O. The van der Waals surface area contributed by atoms with E-state index in [-0.39, 0.29) is 18.2 Å². The van der Waals surface area contributed by atoms with Crippen LogP contribution < -0.4 is 15.9 Å². The molecule has 0 N–H and O–H groups in total. The smallest absolute Gasteiger partial charge is 0.303 e. The summed E-state index contributed by atoms with van der Waals surface area (Å²) in [5.41, 5.74) is 0.581. The molecule has 9 nitrogen and oxygen atoms in total. The zero-order valence-electron chi connectivity index (χ0n) is 20.8. The van der Waals surface area contributed by atoms with Crippen molar-refractivity contribution in [2.45, 2.75) is 26.1 Å². The zero-order valence-corrected chi connectivity index (χ0v) is 21.7. The molecule has 0 saturated heterocycles. The first-order valence-electron chi connectivity index (χ1n) is 12.0. The summed E-state index contributed by atoms with van der Waals surface area (Å²) in [4.78, 5) is 23.5. The highest BCUT2D eigenvalue weighted by molar-refractivity contribution is 7.87. The van der Waals surface area contributed by atoms with E-state index < -0.39 is 31.2 Å². The molecular formula is C28H25N4O5P. The second kappa shape index (κ2) is 10.9. The van der Waals surface area contributed by atoms with Gasteiger partial charge in [0.15, 0.2) is 17.9 Å². The van der Waals surface area contributed by atoms with Crippen LogP contribution in [0.25, 0.3) is 0 Å². The minimum atomic E-state index is -2.71. The van der Waals surface area contributed by atoms with E-state index in [2.05, 4.69) is 51.8 Å². The number of rotatable bonds is 7. The molecular weight excluding hydrogens is 503 g/mol. The van der Waals surface area contributed by atoms with Gasteiger partial charge in [-0.05, 0) is 5.22 Å².